The lowest BCUT2D eigenvalue weighted by Crippen LogP contribution is -2.45. The van der Waals surface area contributed by atoms with E-state index in [1.807, 2.05) is 6.20 Å². The normalized spacial score (nSPS) is 24.1. The zero-order chi connectivity index (χ0) is 31.5. The van der Waals surface area contributed by atoms with Gasteiger partial charge in [-0.05, 0) is 125 Å². The Bertz CT molecular complexity index is 1480. The minimum absolute atomic E-state index is 0.0109. The summed E-state index contributed by atoms with van der Waals surface area (Å²) in [7, 11) is 1.72. The van der Waals surface area contributed by atoms with Crippen LogP contribution in [0, 0.1) is 18.8 Å². The van der Waals surface area contributed by atoms with E-state index in [0.717, 1.165) is 79.8 Å². The monoisotopic (exact) mass is 629 g/mol. The van der Waals surface area contributed by atoms with E-state index in [1.54, 1.807) is 18.4 Å². The maximum atomic E-state index is 14.3. The van der Waals surface area contributed by atoms with Crippen molar-refractivity contribution >= 4 is 28.8 Å². The number of aliphatic hydroxyl groups is 1. The number of amides is 2. The molecule has 0 spiro atoms. The maximum Gasteiger partial charge on any atom is 0.248 e. The van der Waals surface area contributed by atoms with E-state index in [-0.39, 0.29) is 23.8 Å². The Kier molecular flexibility index (Phi) is 9.90. The van der Waals surface area contributed by atoms with Crippen molar-refractivity contribution in [1.82, 2.24) is 10.3 Å². The molecule has 2 amide bonds. The molecule has 1 aromatic heterocycles. The molecule has 1 atom stereocenters. The number of carbonyl (C=O) groups is 2. The van der Waals surface area contributed by atoms with Crippen molar-refractivity contribution in [2.24, 2.45) is 11.8 Å². The van der Waals surface area contributed by atoms with Crippen LogP contribution in [0.3, 0.4) is 0 Å². The smallest absolute Gasteiger partial charge is 0.248 e. The highest BCUT2D eigenvalue weighted by atomic mass is 32.1. The van der Waals surface area contributed by atoms with Gasteiger partial charge in [-0.15, -0.1) is 11.3 Å². The second-order valence-corrected chi connectivity index (χ2v) is 14.6. The summed E-state index contributed by atoms with van der Waals surface area (Å²) in [5.74, 6) is 2.33. The lowest BCUT2D eigenvalue weighted by Gasteiger charge is -2.36. The molecule has 7 nitrogen and oxygen atoms in total. The van der Waals surface area contributed by atoms with Crippen LogP contribution in [0.5, 0.6) is 5.75 Å². The molecule has 6 rings (SSSR count). The first-order valence-electron chi connectivity index (χ1n) is 16.8. The number of aromatic nitrogens is 1. The fraction of sp³-hybridized carbons (Fsp3) is 0.541. The Balaban J connectivity index is 1.17. The van der Waals surface area contributed by atoms with Crippen LogP contribution >= 0.6 is 11.3 Å². The lowest BCUT2D eigenvalue weighted by atomic mass is 9.78. The zero-order valence-electron chi connectivity index (χ0n) is 26.8. The van der Waals surface area contributed by atoms with Gasteiger partial charge >= 0.3 is 0 Å². The number of carbonyl (C=O) groups excluding carboxylic acids is 2. The van der Waals surface area contributed by atoms with Crippen molar-refractivity contribution in [3.8, 4) is 16.2 Å². The van der Waals surface area contributed by atoms with Gasteiger partial charge in [0, 0.05) is 36.3 Å². The van der Waals surface area contributed by atoms with Crippen molar-refractivity contribution in [3.05, 3.63) is 64.8 Å². The molecule has 0 saturated heterocycles. The Hall–Kier alpha value is -3.23. The molecule has 2 N–H and O–H groups in total. The number of anilines is 1. The van der Waals surface area contributed by atoms with Crippen LogP contribution in [0.25, 0.3) is 10.4 Å². The predicted octanol–water partition coefficient (Wildman–Crippen LogP) is 7.37. The van der Waals surface area contributed by atoms with Gasteiger partial charge in [-0.3, -0.25) is 9.59 Å². The van der Waals surface area contributed by atoms with Crippen LogP contribution in [-0.2, 0) is 9.59 Å². The molecule has 8 heteroatoms. The van der Waals surface area contributed by atoms with Gasteiger partial charge in [0.2, 0.25) is 11.8 Å². The van der Waals surface area contributed by atoms with Crippen LogP contribution < -0.4 is 15.0 Å². The summed E-state index contributed by atoms with van der Waals surface area (Å²) < 4.78 is 5.48. The van der Waals surface area contributed by atoms with Crippen LogP contribution in [0.4, 0.5) is 5.69 Å². The molecule has 45 heavy (non-hydrogen) atoms. The molecule has 240 valence electrons. The minimum atomic E-state index is -1.02. The Labute approximate surface area is 271 Å². The highest BCUT2D eigenvalue weighted by Gasteiger charge is 2.34. The molecule has 3 aliphatic rings. The van der Waals surface area contributed by atoms with Crippen LogP contribution in [0.15, 0.2) is 48.7 Å². The molecule has 0 radical (unpaired) electrons. The van der Waals surface area contributed by atoms with Crippen molar-refractivity contribution in [2.75, 3.05) is 18.6 Å². The van der Waals surface area contributed by atoms with Gasteiger partial charge in [0.15, 0.2) is 0 Å². The molecule has 0 aliphatic heterocycles. The SMILES string of the molecule is COc1ccc([C@H]2CC[C@H](CN(c3cccc(-c4cnc(C5CC5)s4)c3)C(=O)[C@H]3CC[C@H](NC(=O)C(C)O)CC3)CC2)cc1C. The van der Waals surface area contributed by atoms with Crippen molar-refractivity contribution in [2.45, 2.75) is 102 Å². The lowest BCUT2D eigenvalue weighted by molar-refractivity contribution is -0.129. The van der Waals surface area contributed by atoms with E-state index >= 15 is 0 Å². The number of aliphatic hydroxyl groups excluding tert-OH is 1. The summed E-state index contributed by atoms with van der Waals surface area (Å²) >= 11 is 1.78. The van der Waals surface area contributed by atoms with E-state index in [9.17, 15) is 14.7 Å². The number of hydrogen-bond donors (Lipinski definition) is 2. The number of aryl methyl sites for hydroxylation is 1. The molecule has 1 unspecified atom stereocenters. The van der Waals surface area contributed by atoms with Crippen LogP contribution in [0.2, 0.25) is 0 Å². The molecule has 3 fully saturated rings. The summed E-state index contributed by atoms with van der Waals surface area (Å²) in [5, 5.41) is 13.8. The molecule has 3 aliphatic carbocycles. The minimum Gasteiger partial charge on any atom is -0.496 e. The molecule has 1 heterocycles. The van der Waals surface area contributed by atoms with E-state index in [0.29, 0.717) is 17.8 Å². The van der Waals surface area contributed by atoms with Crippen molar-refractivity contribution in [1.29, 1.82) is 0 Å². The number of rotatable bonds is 10. The number of nitrogens with one attached hydrogen (secondary N) is 1. The van der Waals surface area contributed by atoms with E-state index in [2.05, 4.69) is 59.6 Å². The second kappa shape index (κ2) is 14.0. The zero-order valence-corrected chi connectivity index (χ0v) is 27.7. The predicted molar refractivity (Wildman–Crippen MR) is 180 cm³/mol. The fourth-order valence-corrected chi connectivity index (χ4v) is 8.29. The first-order chi connectivity index (χ1) is 21.8. The van der Waals surface area contributed by atoms with E-state index in [4.69, 9.17) is 9.72 Å². The van der Waals surface area contributed by atoms with E-state index < -0.39 is 6.10 Å². The number of benzene rings is 2. The Morgan fingerprint density at radius 3 is 2.40 bits per heavy atom. The summed E-state index contributed by atoms with van der Waals surface area (Å²) in [6.07, 6.45) is 10.9. The largest absolute Gasteiger partial charge is 0.496 e. The third-order valence-electron chi connectivity index (χ3n) is 10.1. The van der Waals surface area contributed by atoms with Gasteiger partial charge in [0.05, 0.1) is 17.0 Å². The van der Waals surface area contributed by atoms with E-state index in [1.165, 1.54) is 35.9 Å². The third-order valence-corrected chi connectivity index (χ3v) is 11.3. The molecule has 3 aromatic rings. The summed E-state index contributed by atoms with van der Waals surface area (Å²) in [5.41, 5.74) is 4.66. The van der Waals surface area contributed by atoms with Crippen molar-refractivity contribution < 1.29 is 19.4 Å². The first-order valence-corrected chi connectivity index (χ1v) is 17.6. The summed E-state index contributed by atoms with van der Waals surface area (Å²) in [4.78, 5) is 34.3. The Morgan fingerprint density at radius 2 is 1.73 bits per heavy atom. The maximum absolute atomic E-state index is 14.3. The number of ether oxygens (including phenoxy) is 1. The highest BCUT2D eigenvalue weighted by molar-refractivity contribution is 7.15. The third kappa shape index (κ3) is 7.60. The average molecular weight is 630 g/mol. The second-order valence-electron chi connectivity index (χ2n) is 13.5. The standard InChI is InChI=1S/C37H47N3O4S/c1-23-19-29(15-18-33(23)44-3)26-9-7-25(8-10-26)22-40(37(43)28-13-16-31(17-14-28)39-35(42)24(2)41)32-6-4-5-30(20-32)34-21-38-36(45-34)27-11-12-27/h4-6,15,18-21,24-28,31,41H,7-14,16-17,22H2,1-3H3,(H,39,42)/t24?,25-,26-,28-,31-. The number of nitrogens with zero attached hydrogens (tertiary/aromatic N) is 2. The van der Waals surface area contributed by atoms with Gasteiger partial charge in [-0.25, -0.2) is 4.98 Å². The average Bonchev–Trinajstić information content (AvgIpc) is 3.79. The number of hydrogen-bond acceptors (Lipinski definition) is 6. The van der Waals surface area contributed by atoms with Gasteiger partial charge in [0.1, 0.15) is 11.9 Å². The Morgan fingerprint density at radius 1 is 1.00 bits per heavy atom. The molecular formula is C37H47N3O4S. The van der Waals surface area contributed by atoms with Gasteiger partial charge < -0.3 is 20.1 Å². The topological polar surface area (TPSA) is 91.8 Å². The van der Waals surface area contributed by atoms with Gasteiger partial charge in [0.25, 0.3) is 0 Å². The molecule has 0 bridgehead atoms. The van der Waals surface area contributed by atoms with Crippen molar-refractivity contribution in [3.63, 3.8) is 0 Å². The fourth-order valence-electron chi connectivity index (χ4n) is 7.21. The first kappa shape index (κ1) is 31.7. The van der Waals surface area contributed by atoms with Gasteiger partial charge in [-0.1, -0.05) is 24.3 Å². The molecular weight excluding hydrogens is 582 g/mol. The highest BCUT2D eigenvalue weighted by Crippen LogP contribution is 2.44. The number of thiazole rings is 1. The quantitative estimate of drug-likeness (QED) is 0.244. The molecule has 3 saturated carbocycles. The van der Waals surface area contributed by atoms with Crippen LogP contribution in [-0.4, -0.2) is 47.7 Å². The van der Waals surface area contributed by atoms with Crippen LogP contribution in [0.1, 0.15) is 99.1 Å². The van der Waals surface area contributed by atoms with Gasteiger partial charge in [-0.2, -0.15) is 0 Å². The molecule has 2 aromatic carbocycles. The summed E-state index contributed by atoms with van der Waals surface area (Å²) in [6.45, 7) is 4.32. The number of methoxy groups -OCH3 is 1. The summed E-state index contributed by atoms with van der Waals surface area (Å²) in [6, 6.07) is 15.1.